The number of halogens is 3. The zero-order valence-corrected chi connectivity index (χ0v) is 20.7. The van der Waals surface area contributed by atoms with Crippen molar-refractivity contribution in [3.8, 4) is 0 Å². The first-order valence-electron chi connectivity index (χ1n) is 12.1. The molecule has 2 saturated heterocycles. The molecule has 10 heteroatoms. The van der Waals surface area contributed by atoms with Gasteiger partial charge in [-0.1, -0.05) is 6.07 Å². The van der Waals surface area contributed by atoms with Crippen molar-refractivity contribution in [2.45, 2.75) is 42.6 Å². The Kier molecular flexibility index (Phi) is 8.43. The number of piperidine rings is 1. The van der Waals surface area contributed by atoms with Crippen LogP contribution in [-0.4, -0.2) is 78.1 Å². The highest BCUT2D eigenvalue weighted by atomic mass is 32.2. The Bertz CT molecular complexity index is 955. The highest BCUT2D eigenvalue weighted by molar-refractivity contribution is 8.00. The van der Waals surface area contributed by atoms with Gasteiger partial charge in [0.05, 0.1) is 0 Å². The third kappa shape index (κ3) is 7.76. The lowest BCUT2D eigenvalue weighted by Crippen LogP contribution is -2.48. The molecule has 3 heterocycles. The van der Waals surface area contributed by atoms with Crippen molar-refractivity contribution in [1.82, 2.24) is 14.8 Å². The molecule has 1 aromatic carbocycles. The van der Waals surface area contributed by atoms with Crippen molar-refractivity contribution >= 4 is 29.2 Å². The number of aromatic nitrogens is 1. The number of aryl methyl sites for hydroxylation is 1. The number of rotatable bonds is 7. The van der Waals surface area contributed by atoms with Crippen LogP contribution in [0.15, 0.2) is 47.5 Å². The molecule has 0 aliphatic carbocycles. The van der Waals surface area contributed by atoms with Crippen LogP contribution in [0.3, 0.4) is 0 Å². The number of likely N-dealkylation sites (tertiary alicyclic amines) is 1. The molecule has 1 amide bonds. The van der Waals surface area contributed by atoms with Crippen LogP contribution in [0.5, 0.6) is 0 Å². The first-order chi connectivity index (χ1) is 16.7. The topological polar surface area (TPSA) is 51.7 Å². The molecule has 2 fully saturated rings. The van der Waals surface area contributed by atoms with Crippen molar-refractivity contribution in [2.75, 3.05) is 56.0 Å². The van der Waals surface area contributed by atoms with Crippen molar-refractivity contribution in [3.05, 3.63) is 48.2 Å². The molecule has 0 saturated carbocycles. The zero-order chi connectivity index (χ0) is 24.8. The second kappa shape index (κ2) is 11.5. The van der Waals surface area contributed by atoms with Gasteiger partial charge in [0.1, 0.15) is 5.82 Å². The van der Waals surface area contributed by atoms with Gasteiger partial charge in [-0.2, -0.15) is 13.2 Å². The summed E-state index contributed by atoms with van der Waals surface area (Å²) in [4.78, 5) is 24.0. The summed E-state index contributed by atoms with van der Waals surface area (Å²) >= 11 is -0.107. The number of amides is 1. The molecule has 1 aromatic heterocycles. The van der Waals surface area contributed by atoms with Crippen LogP contribution in [0.2, 0.25) is 0 Å². The van der Waals surface area contributed by atoms with Gasteiger partial charge in [-0.25, -0.2) is 4.98 Å². The third-order valence-electron chi connectivity index (χ3n) is 6.54. The number of piperazine rings is 1. The van der Waals surface area contributed by atoms with Crippen LogP contribution in [-0.2, 0) is 4.79 Å². The van der Waals surface area contributed by atoms with Crippen molar-refractivity contribution in [2.24, 2.45) is 0 Å². The Morgan fingerprint density at radius 2 is 1.71 bits per heavy atom. The summed E-state index contributed by atoms with van der Waals surface area (Å²) < 4.78 is 37.4. The highest BCUT2D eigenvalue weighted by Crippen LogP contribution is 2.37. The average molecular weight is 508 g/mol. The summed E-state index contributed by atoms with van der Waals surface area (Å²) in [5.74, 6) is 1.21. The van der Waals surface area contributed by atoms with E-state index in [1.54, 1.807) is 12.1 Å². The lowest BCUT2D eigenvalue weighted by atomic mass is 10.0. The van der Waals surface area contributed by atoms with E-state index in [-0.39, 0.29) is 28.6 Å². The number of nitrogens with one attached hydrogen (secondary N) is 1. The number of hydrogen-bond acceptors (Lipinski definition) is 6. The second-order valence-corrected chi connectivity index (χ2v) is 10.3. The van der Waals surface area contributed by atoms with Gasteiger partial charge in [0.25, 0.3) is 0 Å². The summed E-state index contributed by atoms with van der Waals surface area (Å²) in [6.45, 7) is 7.89. The van der Waals surface area contributed by atoms with Gasteiger partial charge in [0.15, 0.2) is 0 Å². The molecule has 1 N–H and O–H groups in total. The molecule has 0 atom stereocenters. The number of anilines is 2. The van der Waals surface area contributed by atoms with E-state index >= 15 is 0 Å². The lowest BCUT2D eigenvalue weighted by molar-refractivity contribution is -0.132. The Labute approximate surface area is 208 Å². The monoisotopic (exact) mass is 507 g/mol. The molecule has 0 spiro atoms. The minimum atomic E-state index is -4.28. The predicted molar refractivity (Wildman–Crippen MR) is 134 cm³/mol. The van der Waals surface area contributed by atoms with Gasteiger partial charge in [-0.05, 0) is 67.4 Å². The van der Waals surface area contributed by atoms with Crippen LogP contribution in [0.4, 0.5) is 24.7 Å². The van der Waals surface area contributed by atoms with Crippen molar-refractivity contribution in [1.29, 1.82) is 0 Å². The predicted octanol–water partition coefficient (Wildman–Crippen LogP) is 4.62. The maximum atomic E-state index is 12.7. The van der Waals surface area contributed by atoms with E-state index in [4.69, 9.17) is 0 Å². The summed E-state index contributed by atoms with van der Waals surface area (Å²) in [5, 5.41) is 3.39. The molecule has 0 radical (unpaired) electrons. The molecule has 2 aromatic rings. The van der Waals surface area contributed by atoms with Gasteiger partial charge in [0, 0.05) is 75.1 Å². The van der Waals surface area contributed by atoms with Gasteiger partial charge in [-0.15, -0.1) is 0 Å². The van der Waals surface area contributed by atoms with E-state index in [1.165, 1.54) is 12.1 Å². The molecule has 4 rings (SSSR count). The standard InChI is InChI=1S/C25H32F3N5OS/c1-19-2-7-23(29-18-19)32-16-14-31(15-17-32)11-10-24(34)33-12-8-21(9-13-33)30-20-3-5-22(6-4-20)35-25(26,27)28/h2-7,18,21,30H,8-17H2,1H3. The second-order valence-electron chi connectivity index (χ2n) is 9.14. The van der Waals surface area contributed by atoms with E-state index in [0.29, 0.717) is 19.5 Å². The van der Waals surface area contributed by atoms with E-state index < -0.39 is 5.51 Å². The number of benzene rings is 1. The maximum Gasteiger partial charge on any atom is 0.446 e. The number of nitrogens with zero attached hydrogens (tertiary/aromatic N) is 4. The Morgan fingerprint density at radius 1 is 1.03 bits per heavy atom. The number of carbonyl (C=O) groups is 1. The molecule has 35 heavy (non-hydrogen) atoms. The Morgan fingerprint density at radius 3 is 2.31 bits per heavy atom. The number of alkyl halides is 3. The van der Waals surface area contributed by atoms with E-state index in [2.05, 4.69) is 32.2 Å². The molecule has 0 bridgehead atoms. The minimum absolute atomic E-state index is 0.107. The van der Waals surface area contributed by atoms with Gasteiger partial charge >= 0.3 is 5.51 Å². The summed E-state index contributed by atoms with van der Waals surface area (Å²) in [7, 11) is 0. The van der Waals surface area contributed by atoms with Crippen molar-refractivity contribution < 1.29 is 18.0 Å². The maximum absolute atomic E-state index is 12.7. The van der Waals surface area contributed by atoms with E-state index in [9.17, 15) is 18.0 Å². The molecule has 0 unspecified atom stereocenters. The van der Waals surface area contributed by atoms with E-state index in [1.807, 2.05) is 18.0 Å². The molecule has 6 nitrogen and oxygen atoms in total. The van der Waals surface area contributed by atoms with E-state index in [0.717, 1.165) is 62.6 Å². The fourth-order valence-corrected chi connectivity index (χ4v) is 5.06. The molecule has 2 aliphatic rings. The minimum Gasteiger partial charge on any atom is -0.382 e. The SMILES string of the molecule is Cc1ccc(N2CCN(CCC(=O)N3CCC(Nc4ccc(SC(F)(F)F)cc4)CC3)CC2)nc1. The van der Waals surface area contributed by atoms with Crippen LogP contribution < -0.4 is 10.2 Å². The fraction of sp³-hybridized carbons (Fsp3) is 0.520. The molecular weight excluding hydrogens is 475 g/mol. The smallest absolute Gasteiger partial charge is 0.382 e. The highest BCUT2D eigenvalue weighted by Gasteiger charge is 2.29. The largest absolute Gasteiger partial charge is 0.446 e. The Hall–Kier alpha value is -2.46. The number of hydrogen-bond donors (Lipinski definition) is 1. The summed E-state index contributed by atoms with van der Waals surface area (Å²) in [5.41, 5.74) is -2.31. The van der Waals surface area contributed by atoms with Gasteiger partial charge in [0.2, 0.25) is 5.91 Å². The summed E-state index contributed by atoms with van der Waals surface area (Å²) in [6, 6.07) is 10.7. The Balaban J connectivity index is 1.14. The lowest BCUT2D eigenvalue weighted by Gasteiger charge is -2.36. The number of pyridine rings is 1. The van der Waals surface area contributed by atoms with Crippen LogP contribution in [0.25, 0.3) is 0 Å². The van der Waals surface area contributed by atoms with Crippen LogP contribution in [0, 0.1) is 6.92 Å². The summed E-state index contributed by atoms with van der Waals surface area (Å²) in [6.07, 6.45) is 4.08. The van der Waals surface area contributed by atoms with Crippen LogP contribution >= 0.6 is 11.8 Å². The first kappa shape index (κ1) is 25.6. The first-order valence-corrected chi connectivity index (χ1v) is 12.9. The van der Waals surface area contributed by atoms with Crippen molar-refractivity contribution in [3.63, 3.8) is 0 Å². The van der Waals surface area contributed by atoms with Gasteiger partial charge < -0.3 is 15.1 Å². The normalized spacial score (nSPS) is 18.1. The average Bonchev–Trinajstić information content (AvgIpc) is 2.84. The molecule has 2 aliphatic heterocycles. The van der Waals surface area contributed by atoms with Crippen LogP contribution in [0.1, 0.15) is 24.8 Å². The molecular formula is C25H32F3N5OS. The number of thioether (sulfide) groups is 1. The quantitative estimate of drug-likeness (QED) is 0.552. The zero-order valence-electron chi connectivity index (χ0n) is 19.9. The molecule has 190 valence electrons. The fourth-order valence-electron chi connectivity index (χ4n) is 4.52. The van der Waals surface area contributed by atoms with Gasteiger partial charge in [-0.3, -0.25) is 9.69 Å². The number of carbonyl (C=O) groups excluding carboxylic acids is 1. The third-order valence-corrected chi connectivity index (χ3v) is 7.28.